The van der Waals surface area contributed by atoms with E-state index in [9.17, 15) is 0 Å². The summed E-state index contributed by atoms with van der Waals surface area (Å²) in [6.45, 7) is 1.84. The van der Waals surface area contributed by atoms with Crippen molar-refractivity contribution < 1.29 is 4.74 Å². The highest BCUT2D eigenvalue weighted by Gasteiger charge is 2.04. The lowest BCUT2D eigenvalue weighted by molar-refractivity contribution is 0.463. The van der Waals surface area contributed by atoms with Crippen molar-refractivity contribution in [3.63, 3.8) is 0 Å². The average Bonchev–Trinajstić information content (AvgIpc) is 2.32. The van der Waals surface area contributed by atoms with E-state index in [1.54, 1.807) is 24.3 Å². The van der Waals surface area contributed by atoms with Crippen LogP contribution in [-0.2, 0) is 0 Å². The van der Waals surface area contributed by atoms with Gasteiger partial charge in [-0.25, -0.2) is 9.97 Å². The topological polar surface area (TPSA) is 84.8 Å². The van der Waals surface area contributed by atoms with E-state index in [1.807, 2.05) is 13.0 Å². The minimum Gasteiger partial charge on any atom is -0.437 e. The van der Waals surface area contributed by atoms with Gasteiger partial charge in [-0.2, -0.15) is 5.26 Å². The molecule has 0 aliphatic heterocycles. The van der Waals surface area contributed by atoms with E-state index in [1.165, 1.54) is 6.33 Å². The number of ether oxygens (including phenoxy) is 1. The molecule has 0 amide bonds. The number of hydrogen-bond donors (Lipinski definition) is 1. The van der Waals surface area contributed by atoms with Gasteiger partial charge < -0.3 is 10.5 Å². The maximum Gasteiger partial charge on any atom is 0.222 e. The molecule has 2 N–H and O–H groups in total. The first-order valence-electron chi connectivity index (χ1n) is 4.95. The smallest absolute Gasteiger partial charge is 0.222 e. The molecule has 1 heterocycles. The molecule has 0 spiro atoms. The van der Waals surface area contributed by atoms with Crippen LogP contribution in [0, 0.1) is 18.3 Å². The fourth-order valence-corrected chi connectivity index (χ4v) is 1.31. The molecule has 0 aliphatic carbocycles. The third kappa shape index (κ3) is 2.49. The van der Waals surface area contributed by atoms with Gasteiger partial charge in [-0.05, 0) is 25.1 Å². The lowest BCUT2D eigenvalue weighted by Crippen LogP contribution is -1.95. The molecule has 0 bridgehead atoms. The van der Waals surface area contributed by atoms with Crippen molar-refractivity contribution in [2.24, 2.45) is 0 Å². The molecule has 0 saturated heterocycles. The van der Waals surface area contributed by atoms with E-state index in [4.69, 9.17) is 15.7 Å². The van der Waals surface area contributed by atoms with E-state index < -0.39 is 0 Å². The predicted molar refractivity (Wildman–Crippen MR) is 62.4 cm³/mol. The summed E-state index contributed by atoms with van der Waals surface area (Å²) in [7, 11) is 0. The summed E-state index contributed by atoms with van der Waals surface area (Å²) >= 11 is 0. The standard InChI is InChI=1S/C12H10N4O/c1-8-4-12(16-7-15-8)17-11-3-2-9(6-13)5-10(11)14/h2-5,7H,14H2,1H3. The van der Waals surface area contributed by atoms with Crippen molar-refractivity contribution in [3.8, 4) is 17.7 Å². The number of aryl methyl sites for hydroxylation is 1. The minimum absolute atomic E-state index is 0.403. The molecule has 84 valence electrons. The maximum absolute atomic E-state index is 8.71. The Hall–Kier alpha value is -2.61. The van der Waals surface area contributed by atoms with Crippen molar-refractivity contribution in [1.82, 2.24) is 9.97 Å². The van der Waals surface area contributed by atoms with E-state index >= 15 is 0 Å². The number of hydrogen-bond acceptors (Lipinski definition) is 5. The van der Waals surface area contributed by atoms with Gasteiger partial charge in [0.25, 0.3) is 0 Å². The molecule has 1 aromatic heterocycles. The zero-order valence-corrected chi connectivity index (χ0v) is 9.21. The largest absolute Gasteiger partial charge is 0.437 e. The van der Waals surface area contributed by atoms with Crippen LogP contribution >= 0.6 is 0 Å². The Kier molecular flexibility index (Phi) is 2.88. The van der Waals surface area contributed by atoms with E-state index in [0.717, 1.165) is 5.69 Å². The first-order chi connectivity index (χ1) is 8.19. The Balaban J connectivity index is 2.28. The van der Waals surface area contributed by atoms with Gasteiger partial charge in [-0.15, -0.1) is 0 Å². The Morgan fingerprint density at radius 3 is 2.76 bits per heavy atom. The molecule has 5 nitrogen and oxygen atoms in total. The van der Waals surface area contributed by atoms with Crippen LogP contribution in [0.1, 0.15) is 11.3 Å². The van der Waals surface area contributed by atoms with Gasteiger partial charge in [0, 0.05) is 11.8 Å². The van der Waals surface area contributed by atoms with Crippen LogP contribution in [0.5, 0.6) is 11.6 Å². The zero-order valence-electron chi connectivity index (χ0n) is 9.21. The first-order valence-corrected chi connectivity index (χ1v) is 4.95. The summed E-state index contributed by atoms with van der Waals surface area (Å²) in [5.41, 5.74) is 7.47. The van der Waals surface area contributed by atoms with E-state index in [2.05, 4.69) is 9.97 Å². The van der Waals surface area contributed by atoms with Gasteiger partial charge in [-0.3, -0.25) is 0 Å². The van der Waals surface area contributed by atoms with Crippen molar-refractivity contribution in [3.05, 3.63) is 41.9 Å². The molecule has 2 rings (SSSR count). The molecule has 0 saturated carbocycles. The molecule has 2 aromatic rings. The summed E-state index contributed by atoms with van der Waals surface area (Å²) in [6, 6.07) is 8.55. The normalized spacial score (nSPS) is 9.65. The number of nitrogens with zero attached hydrogens (tertiary/aromatic N) is 3. The van der Waals surface area contributed by atoms with Crippen LogP contribution in [0.2, 0.25) is 0 Å². The summed E-state index contributed by atoms with van der Waals surface area (Å²) in [5.74, 6) is 0.899. The molecule has 1 aromatic carbocycles. The number of anilines is 1. The lowest BCUT2D eigenvalue weighted by atomic mass is 10.2. The zero-order chi connectivity index (χ0) is 12.3. The molecular weight excluding hydrogens is 216 g/mol. The molecule has 5 heteroatoms. The number of rotatable bonds is 2. The van der Waals surface area contributed by atoms with Crippen molar-refractivity contribution in [2.75, 3.05) is 5.73 Å². The van der Waals surface area contributed by atoms with Crippen LogP contribution < -0.4 is 10.5 Å². The van der Waals surface area contributed by atoms with Crippen LogP contribution in [0.25, 0.3) is 0 Å². The molecule has 0 unspecified atom stereocenters. The first kappa shape index (κ1) is 10.9. The molecule has 0 atom stereocenters. The monoisotopic (exact) mass is 226 g/mol. The van der Waals surface area contributed by atoms with Crippen molar-refractivity contribution >= 4 is 5.69 Å². The molecular formula is C12H10N4O. The second-order valence-corrected chi connectivity index (χ2v) is 3.46. The molecule has 0 fully saturated rings. The Morgan fingerprint density at radius 2 is 2.12 bits per heavy atom. The second-order valence-electron chi connectivity index (χ2n) is 3.46. The van der Waals surface area contributed by atoms with Crippen LogP contribution in [0.15, 0.2) is 30.6 Å². The minimum atomic E-state index is 0.403. The van der Waals surface area contributed by atoms with Crippen LogP contribution in [0.4, 0.5) is 5.69 Å². The van der Waals surface area contributed by atoms with Crippen molar-refractivity contribution in [2.45, 2.75) is 6.92 Å². The maximum atomic E-state index is 8.71. The third-order valence-corrected chi connectivity index (χ3v) is 2.13. The number of aromatic nitrogens is 2. The van der Waals surface area contributed by atoms with Gasteiger partial charge >= 0.3 is 0 Å². The van der Waals surface area contributed by atoms with E-state index in [-0.39, 0.29) is 0 Å². The van der Waals surface area contributed by atoms with Crippen LogP contribution in [-0.4, -0.2) is 9.97 Å². The summed E-state index contributed by atoms with van der Waals surface area (Å²) in [4.78, 5) is 7.93. The Morgan fingerprint density at radius 1 is 1.29 bits per heavy atom. The number of nitriles is 1. The number of nitrogen functional groups attached to an aromatic ring is 1. The lowest BCUT2D eigenvalue weighted by Gasteiger charge is -2.07. The van der Waals surface area contributed by atoms with Gasteiger partial charge in [0.2, 0.25) is 5.88 Å². The van der Waals surface area contributed by atoms with E-state index in [0.29, 0.717) is 22.9 Å². The number of nitrogens with two attached hydrogens (primary N) is 1. The Bertz CT molecular complexity index is 589. The highest BCUT2D eigenvalue weighted by Crippen LogP contribution is 2.26. The van der Waals surface area contributed by atoms with Gasteiger partial charge in [0.05, 0.1) is 17.3 Å². The highest BCUT2D eigenvalue weighted by molar-refractivity contribution is 5.57. The predicted octanol–water partition coefficient (Wildman–Crippen LogP) is 2.03. The highest BCUT2D eigenvalue weighted by atomic mass is 16.5. The van der Waals surface area contributed by atoms with Gasteiger partial charge in [0.15, 0.2) is 5.75 Å². The Labute approximate surface area is 98.5 Å². The molecule has 0 radical (unpaired) electrons. The fourth-order valence-electron chi connectivity index (χ4n) is 1.31. The summed E-state index contributed by atoms with van der Waals surface area (Å²) in [6.07, 6.45) is 1.42. The quantitative estimate of drug-likeness (QED) is 0.792. The third-order valence-electron chi connectivity index (χ3n) is 2.13. The van der Waals surface area contributed by atoms with Crippen molar-refractivity contribution in [1.29, 1.82) is 5.26 Å². The van der Waals surface area contributed by atoms with Gasteiger partial charge in [0.1, 0.15) is 6.33 Å². The molecule has 0 aliphatic rings. The second kappa shape index (κ2) is 4.49. The molecule has 17 heavy (non-hydrogen) atoms. The SMILES string of the molecule is Cc1cc(Oc2ccc(C#N)cc2N)ncn1. The van der Waals surface area contributed by atoms with Crippen LogP contribution in [0.3, 0.4) is 0 Å². The average molecular weight is 226 g/mol. The summed E-state index contributed by atoms with van der Waals surface area (Å²) < 4.78 is 5.50. The van der Waals surface area contributed by atoms with Gasteiger partial charge in [-0.1, -0.05) is 0 Å². The fraction of sp³-hybridized carbons (Fsp3) is 0.0833. The number of benzene rings is 1. The summed E-state index contributed by atoms with van der Waals surface area (Å²) in [5, 5.41) is 8.71.